The van der Waals surface area contributed by atoms with E-state index in [9.17, 15) is 4.79 Å². The van der Waals surface area contributed by atoms with Crippen LogP contribution in [0.2, 0.25) is 5.02 Å². The molecule has 1 aromatic heterocycles. The van der Waals surface area contributed by atoms with Crippen molar-refractivity contribution in [3.8, 4) is 11.4 Å². The van der Waals surface area contributed by atoms with E-state index < -0.39 is 0 Å². The Bertz CT molecular complexity index is 671. The molecule has 24 heavy (non-hydrogen) atoms. The van der Waals surface area contributed by atoms with Gasteiger partial charge in [0.2, 0.25) is 11.7 Å². The van der Waals surface area contributed by atoms with Crippen LogP contribution >= 0.6 is 11.6 Å². The molecule has 0 saturated carbocycles. The fourth-order valence-electron chi connectivity index (χ4n) is 2.41. The molecule has 1 N–H and O–H groups in total. The van der Waals surface area contributed by atoms with Gasteiger partial charge in [-0.15, -0.1) is 10.2 Å². The molecular weight excluding hydrogens is 326 g/mol. The van der Waals surface area contributed by atoms with Crippen molar-refractivity contribution in [3.63, 3.8) is 0 Å². The summed E-state index contributed by atoms with van der Waals surface area (Å²) in [6.07, 6.45) is 3.26. The fraction of sp³-hybridized carbons (Fsp3) is 0.529. The number of carbonyl (C=O) groups is 1. The molecule has 0 aliphatic rings. The molecule has 0 aliphatic carbocycles. The first-order valence-electron chi connectivity index (χ1n) is 8.27. The quantitative estimate of drug-likeness (QED) is 0.793. The van der Waals surface area contributed by atoms with Gasteiger partial charge in [-0.25, -0.2) is 0 Å². The third-order valence-corrected chi connectivity index (χ3v) is 3.88. The van der Waals surface area contributed by atoms with Crippen LogP contribution in [0.4, 0.5) is 0 Å². The van der Waals surface area contributed by atoms with Crippen LogP contribution in [0.1, 0.15) is 40.0 Å². The van der Waals surface area contributed by atoms with E-state index >= 15 is 0 Å². The lowest BCUT2D eigenvalue weighted by atomic mass is 10.0. The number of rotatable bonds is 8. The van der Waals surface area contributed by atoms with Crippen molar-refractivity contribution in [2.75, 3.05) is 0 Å². The van der Waals surface area contributed by atoms with Crippen molar-refractivity contribution in [2.45, 2.75) is 52.6 Å². The lowest BCUT2D eigenvalue weighted by molar-refractivity contribution is -0.122. The lowest BCUT2D eigenvalue weighted by Gasteiger charge is -2.14. The molecular formula is C17H24ClN5O. The molecule has 7 heteroatoms. The largest absolute Gasteiger partial charge is 0.352 e. The van der Waals surface area contributed by atoms with E-state index in [0.717, 1.165) is 18.4 Å². The Kier molecular flexibility index (Phi) is 6.73. The van der Waals surface area contributed by atoms with Crippen molar-refractivity contribution < 1.29 is 4.79 Å². The summed E-state index contributed by atoms with van der Waals surface area (Å²) in [5, 5.41) is 15.7. The van der Waals surface area contributed by atoms with Crippen LogP contribution in [0.25, 0.3) is 11.4 Å². The van der Waals surface area contributed by atoms with Crippen molar-refractivity contribution >= 4 is 17.5 Å². The van der Waals surface area contributed by atoms with Crippen LogP contribution < -0.4 is 5.32 Å². The Balaban J connectivity index is 1.84. The van der Waals surface area contributed by atoms with Crippen molar-refractivity contribution in [2.24, 2.45) is 5.92 Å². The molecule has 0 fully saturated rings. The first kappa shape index (κ1) is 18.4. The SMILES string of the molecule is CC(C)CCC[C@H](C)NC(=O)Cn1nnc(-c2cccc(Cl)c2)n1. The minimum absolute atomic E-state index is 0.0576. The van der Waals surface area contributed by atoms with Crippen LogP contribution in [0, 0.1) is 5.92 Å². The maximum absolute atomic E-state index is 12.1. The number of hydrogen-bond donors (Lipinski definition) is 1. The second-order valence-electron chi connectivity index (χ2n) is 6.45. The molecule has 2 aromatic rings. The van der Waals surface area contributed by atoms with Gasteiger partial charge in [0.1, 0.15) is 6.54 Å². The second kappa shape index (κ2) is 8.78. The highest BCUT2D eigenvalue weighted by Crippen LogP contribution is 2.18. The Morgan fingerprint density at radius 3 is 2.79 bits per heavy atom. The zero-order valence-electron chi connectivity index (χ0n) is 14.4. The third-order valence-electron chi connectivity index (χ3n) is 3.65. The van der Waals surface area contributed by atoms with Gasteiger partial charge in [0.05, 0.1) is 0 Å². The molecule has 0 bridgehead atoms. The monoisotopic (exact) mass is 349 g/mol. The lowest BCUT2D eigenvalue weighted by Crippen LogP contribution is -2.35. The molecule has 1 amide bonds. The summed E-state index contributed by atoms with van der Waals surface area (Å²) in [5.74, 6) is 1.04. The maximum Gasteiger partial charge on any atom is 0.243 e. The van der Waals surface area contributed by atoms with Crippen molar-refractivity contribution in [1.29, 1.82) is 0 Å². The number of carbonyl (C=O) groups excluding carboxylic acids is 1. The number of nitrogens with zero attached hydrogens (tertiary/aromatic N) is 4. The highest BCUT2D eigenvalue weighted by atomic mass is 35.5. The Morgan fingerprint density at radius 2 is 2.08 bits per heavy atom. The first-order chi connectivity index (χ1) is 11.4. The van der Waals surface area contributed by atoms with E-state index in [2.05, 4.69) is 34.6 Å². The van der Waals surface area contributed by atoms with Gasteiger partial charge in [-0.2, -0.15) is 4.80 Å². The van der Waals surface area contributed by atoms with E-state index in [-0.39, 0.29) is 18.5 Å². The summed E-state index contributed by atoms with van der Waals surface area (Å²) in [4.78, 5) is 13.4. The fourth-order valence-corrected chi connectivity index (χ4v) is 2.60. The predicted molar refractivity (Wildman–Crippen MR) is 94.6 cm³/mol. The molecule has 2 rings (SSSR count). The second-order valence-corrected chi connectivity index (χ2v) is 6.88. The van der Waals surface area contributed by atoms with E-state index in [0.29, 0.717) is 16.8 Å². The van der Waals surface area contributed by atoms with E-state index in [1.165, 1.54) is 11.2 Å². The average Bonchev–Trinajstić information content (AvgIpc) is 2.95. The minimum atomic E-state index is -0.109. The topological polar surface area (TPSA) is 72.7 Å². The number of amides is 1. The Labute approximate surface area is 147 Å². The van der Waals surface area contributed by atoms with Crippen LogP contribution in [-0.4, -0.2) is 32.2 Å². The summed E-state index contributed by atoms with van der Waals surface area (Å²) in [5.41, 5.74) is 0.774. The van der Waals surface area contributed by atoms with Gasteiger partial charge >= 0.3 is 0 Å². The van der Waals surface area contributed by atoms with Gasteiger partial charge in [-0.1, -0.05) is 50.4 Å². The molecule has 0 radical (unpaired) electrons. The molecule has 1 heterocycles. The van der Waals surface area contributed by atoms with Crippen molar-refractivity contribution in [3.05, 3.63) is 29.3 Å². The molecule has 130 valence electrons. The highest BCUT2D eigenvalue weighted by Gasteiger charge is 2.12. The molecule has 0 unspecified atom stereocenters. The molecule has 1 aromatic carbocycles. The highest BCUT2D eigenvalue weighted by molar-refractivity contribution is 6.30. The van der Waals surface area contributed by atoms with Gasteiger partial charge in [-0.3, -0.25) is 4.79 Å². The van der Waals surface area contributed by atoms with Gasteiger partial charge < -0.3 is 5.32 Å². The molecule has 0 saturated heterocycles. The van der Waals surface area contributed by atoms with Crippen LogP contribution in [0.15, 0.2) is 24.3 Å². The zero-order valence-corrected chi connectivity index (χ0v) is 15.1. The van der Waals surface area contributed by atoms with Crippen LogP contribution in [0.3, 0.4) is 0 Å². The summed E-state index contributed by atoms with van der Waals surface area (Å²) in [6, 6.07) is 7.37. The number of tetrazole rings is 1. The van der Waals surface area contributed by atoms with Gasteiger partial charge in [0.25, 0.3) is 0 Å². The molecule has 0 spiro atoms. The van der Waals surface area contributed by atoms with Gasteiger partial charge in [0.15, 0.2) is 0 Å². The normalized spacial score (nSPS) is 12.4. The number of benzene rings is 1. The summed E-state index contributed by atoms with van der Waals surface area (Å²) >= 11 is 5.96. The summed E-state index contributed by atoms with van der Waals surface area (Å²) < 4.78 is 0. The third kappa shape index (κ3) is 5.92. The zero-order chi connectivity index (χ0) is 17.5. The van der Waals surface area contributed by atoms with Crippen molar-refractivity contribution in [1.82, 2.24) is 25.5 Å². The number of nitrogens with one attached hydrogen (secondary N) is 1. The van der Waals surface area contributed by atoms with E-state index in [1.54, 1.807) is 12.1 Å². The molecule has 0 aliphatic heterocycles. The first-order valence-corrected chi connectivity index (χ1v) is 8.65. The Morgan fingerprint density at radius 1 is 1.29 bits per heavy atom. The summed E-state index contributed by atoms with van der Waals surface area (Å²) in [7, 11) is 0. The van der Waals surface area contributed by atoms with Crippen LogP contribution in [-0.2, 0) is 11.3 Å². The van der Waals surface area contributed by atoms with Gasteiger partial charge in [-0.05, 0) is 36.6 Å². The van der Waals surface area contributed by atoms with Crippen LogP contribution in [0.5, 0.6) is 0 Å². The predicted octanol–water partition coefficient (Wildman–Crippen LogP) is 3.32. The van der Waals surface area contributed by atoms with E-state index in [4.69, 9.17) is 11.6 Å². The van der Waals surface area contributed by atoms with Gasteiger partial charge in [0, 0.05) is 16.6 Å². The maximum atomic E-state index is 12.1. The number of aromatic nitrogens is 4. The Hall–Kier alpha value is -1.95. The molecule has 6 nitrogen and oxygen atoms in total. The average molecular weight is 350 g/mol. The number of halogens is 1. The molecule has 1 atom stereocenters. The summed E-state index contributed by atoms with van der Waals surface area (Å²) in [6.45, 7) is 6.49. The number of hydrogen-bond acceptors (Lipinski definition) is 4. The standard InChI is InChI=1S/C17H24ClN5O/c1-12(2)6-4-7-13(3)19-16(24)11-23-21-17(20-22-23)14-8-5-9-15(18)10-14/h5,8-10,12-13H,4,6-7,11H2,1-3H3,(H,19,24)/t13-/m0/s1. The smallest absolute Gasteiger partial charge is 0.243 e. The minimum Gasteiger partial charge on any atom is -0.352 e. The van der Waals surface area contributed by atoms with E-state index in [1.807, 2.05) is 19.1 Å².